The third kappa shape index (κ3) is 5.65. The van der Waals surface area contributed by atoms with Gasteiger partial charge in [-0.2, -0.15) is 4.98 Å². The van der Waals surface area contributed by atoms with E-state index in [4.69, 9.17) is 14.2 Å². The van der Waals surface area contributed by atoms with Crippen LogP contribution >= 0.6 is 0 Å². The fourth-order valence-electron chi connectivity index (χ4n) is 2.32. The molecule has 0 radical (unpaired) electrons. The van der Waals surface area contributed by atoms with Gasteiger partial charge in [-0.25, -0.2) is 9.37 Å². The number of nitrogens with one attached hydrogen (secondary N) is 1. The number of benzene rings is 2. The molecule has 1 heterocycles. The van der Waals surface area contributed by atoms with Crippen LogP contribution in [0.4, 0.5) is 10.2 Å². The van der Waals surface area contributed by atoms with Crippen molar-refractivity contribution in [2.45, 2.75) is 13.2 Å². The van der Waals surface area contributed by atoms with Crippen molar-refractivity contribution in [1.29, 1.82) is 0 Å². The Hall–Kier alpha value is -3.19. The lowest BCUT2D eigenvalue weighted by Crippen LogP contribution is -2.10. The van der Waals surface area contributed by atoms with Crippen LogP contribution in [0.25, 0.3) is 0 Å². The number of nitrogens with zero attached hydrogens (tertiary/aromatic N) is 2. The summed E-state index contributed by atoms with van der Waals surface area (Å²) in [6.45, 7) is 0.769. The van der Waals surface area contributed by atoms with Crippen LogP contribution in [0.3, 0.4) is 0 Å². The van der Waals surface area contributed by atoms with Gasteiger partial charge in [0, 0.05) is 0 Å². The van der Waals surface area contributed by atoms with E-state index in [1.54, 1.807) is 7.11 Å². The van der Waals surface area contributed by atoms with Crippen LogP contribution in [0.5, 0.6) is 11.8 Å². The van der Waals surface area contributed by atoms with E-state index >= 15 is 0 Å². The fraction of sp³-hybridized carbons (Fsp3) is 0.200. The molecule has 0 aliphatic carbocycles. The van der Waals surface area contributed by atoms with Crippen LogP contribution in [-0.2, 0) is 18.0 Å². The third-order valence-electron chi connectivity index (χ3n) is 3.68. The van der Waals surface area contributed by atoms with Gasteiger partial charge in [0.25, 0.3) is 0 Å². The van der Waals surface area contributed by atoms with E-state index in [0.717, 1.165) is 23.1 Å². The predicted octanol–water partition coefficient (Wildman–Crippen LogP) is 3.79. The molecule has 0 saturated heterocycles. The topological polar surface area (TPSA) is 65.5 Å². The summed E-state index contributed by atoms with van der Waals surface area (Å²) in [6, 6.07) is 17.2. The van der Waals surface area contributed by atoms with Gasteiger partial charge < -0.3 is 19.5 Å². The molecule has 0 aliphatic heterocycles. The summed E-state index contributed by atoms with van der Waals surface area (Å²) < 4.78 is 30.1. The third-order valence-corrected chi connectivity index (χ3v) is 3.68. The second-order valence-electron chi connectivity index (χ2n) is 5.64. The van der Waals surface area contributed by atoms with Crippen molar-refractivity contribution in [2.24, 2.45) is 0 Å². The standard InChI is InChI=1S/C20H20FN3O3/c1-25-17-9-5-8-16(10-17)13-27-20-22-11-18(21)19(24-20)23-14-26-12-15-6-3-2-4-7-15/h2-11H,12-14H2,1H3,(H,22,23,24). The highest BCUT2D eigenvalue weighted by Gasteiger charge is 2.08. The fourth-order valence-corrected chi connectivity index (χ4v) is 2.32. The molecule has 140 valence electrons. The summed E-state index contributed by atoms with van der Waals surface area (Å²) in [7, 11) is 1.60. The maximum atomic E-state index is 13.9. The Morgan fingerprint density at radius 3 is 2.63 bits per heavy atom. The minimum Gasteiger partial charge on any atom is -0.497 e. The van der Waals surface area contributed by atoms with E-state index in [1.165, 1.54) is 0 Å². The molecule has 1 aromatic heterocycles. The van der Waals surface area contributed by atoms with Gasteiger partial charge in [-0.05, 0) is 23.3 Å². The van der Waals surface area contributed by atoms with Crippen LogP contribution in [0.2, 0.25) is 0 Å². The molecule has 0 spiro atoms. The Kier molecular flexibility index (Phi) is 6.54. The SMILES string of the molecule is COc1cccc(COc2ncc(F)c(NCOCc3ccccc3)n2)c1. The van der Waals surface area contributed by atoms with Crippen LogP contribution in [0.15, 0.2) is 60.8 Å². The molecule has 0 bridgehead atoms. The number of halogens is 1. The van der Waals surface area contributed by atoms with Crippen molar-refractivity contribution >= 4 is 5.82 Å². The van der Waals surface area contributed by atoms with Crippen molar-refractivity contribution in [3.05, 3.63) is 77.7 Å². The number of hydrogen-bond acceptors (Lipinski definition) is 6. The Balaban J connectivity index is 1.52. The maximum Gasteiger partial charge on any atom is 0.318 e. The number of ether oxygens (including phenoxy) is 3. The number of methoxy groups -OCH3 is 1. The van der Waals surface area contributed by atoms with E-state index < -0.39 is 5.82 Å². The average Bonchev–Trinajstić information content (AvgIpc) is 2.72. The minimum absolute atomic E-state index is 0.0266. The molecule has 3 aromatic rings. The van der Waals surface area contributed by atoms with Crippen LogP contribution in [0, 0.1) is 5.82 Å². The zero-order valence-corrected chi connectivity index (χ0v) is 14.9. The summed E-state index contributed by atoms with van der Waals surface area (Å²) >= 11 is 0. The lowest BCUT2D eigenvalue weighted by Gasteiger charge is -2.10. The average molecular weight is 369 g/mol. The van der Waals surface area contributed by atoms with Crippen molar-refractivity contribution < 1.29 is 18.6 Å². The number of aromatic nitrogens is 2. The molecule has 0 fully saturated rings. The predicted molar refractivity (Wildman–Crippen MR) is 99.0 cm³/mol. The highest BCUT2D eigenvalue weighted by Crippen LogP contribution is 2.16. The van der Waals surface area contributed by atoms with Gasteiger partial charge in [-0.1, -0.05) is 42.5 Å². The number of hydrogen-bond donors (Lipinski definition) is 1. The Bertz CT molecular complexity index is 862. The second-order valence-corrected chi connectivity index (χ2v) is 5.64. The van der Waals surface area contributed by atoms with Crippen molar-refractivity contribution in [3.63, 3.8) is 0 Å². The lowest BCUT2D eigenvalue weighted by atomic mass is 10.2. The first kappa shape index (κ1) is 18.6. The van der Waals surface area contributed by atoms with E-state index in [2.05, 4.69) is 15.3 Å². The largest absolute Gasteiger partial charge is 0.497 e. The van der Waals surface area contributed by atoms with Crippen LogP contribution < -0.4 is 14.8 Å². The molecule has 0 unspecified atom stereocenters. The van der Waals surface area contributed by atoms with Crippen molar-refractivity contribution in [3.8, 4) is 11.8 Å². The zero-order valence-electron chi connectivity index (χ0n) is 14.9. The van der Waals surface area contributed by atoms with Gasteiger partial charge in [0.05, 0.1) is 19.9 Å². The molecule has 7 heteroatoms. The number of rotatable bonds is 9. The first-order chi connectivity index (χ1) is 13.2. The summed E-state index contributed by atoms with van der Waals surface area (Å²) in [5, 5.41) is 2.79. The molecule has 3 rings (SSSR count). The minimum atomic E-state index is -0.577. The van der Waals surface area contributed by atoms with Gasteiger partial charge in [0.1, 0.15) is 19.1 Å². The Labute approximate surface area is 157 Å². The zero-order chi connectivity index (χ0) is 18.9. The molecular weight excluding hydrogens is 349 g/mol. The smallest absolute Gasteiger partial charge is 0.318 e. The van der Waals surface area contributed by atoms with Gasteiger partial charge in [0.15, 0.2) is 11.6 Å². The molecule has 0 aliphatic rings. The van der Waals surface area contributed by atoms with Crippen molar-refractivity contribution in [2.75, 3.05) is 19.2 Å². The van der Waals surface area contributed by atoms with Gasteiger partial charge in [-0.3, -0.25) is 0 Å². The number of anilines is 1. The highest BCUT2D eigenvalue weighted by atomic mass is 19.1. The first-order valence-electron chi connectivity index (χ1n) is 8.38. The normalized spacial score (nSPS) is 10.4. The first-order valence-corrected chi connectivity index (χ1v) is 8.38. The van der Waals surface area contributed by atoms with Gasteiger partial charge in [-0.15, -0.1) is 0 Å². The molecule has 27 heavy (non-hydrogen) atoms. The summed E-state index contributed by atoms with van der Waals surface area (Å²) in [6.07, 6.45) is 1.06. The van der Waals surface area contributed by atoms with Crippen LogP contribution in [-0.4, -0.2) is 23.8 Å². The molecular formula is C20H20FN3O3. The Morgan fingerprint density at radius 1 is 1.00 bits per heavy atom. The van der Waals surface area contributed by atoms with Crippen LogP contribution in [0.1, 0.15) is 11.1 Å². The second kappa shape index (κ2) is 9.49. The summed E-state index contributed by atoms with van der Waals surface area (Å²) in [5.74, 6) is 0.180. The molecule has 1 N–H and O–H groups in total. The quantitative estimate of drug-likeness (QED) is 0.457. The van der Waals surface area contributed by atoms with E-state index in [9.17, 15) is 4.39 Å². The molecule has 0 amide bonds. The van der Waals surface area contributed by atoms with E-state index in [-0.39, 0.29) is 25.2 Å². The van der Waals surface area contributed by atoms with Crippen molar-refractivity contribution in [1.82, 2.24) is 9.97 Å². The molecule has 0 saturated carbocycles. The lowest BCUT2D eigenvalue weighted by molar-refractivity contribution is 0.138. The highest BCUT2D eigenvalue weighted by molar-refractivity contribution is 5.35. The maximum absolute atomic E-state index is 13.9. The Morgan fingerprint density at radius 2 is 1.81 bits per heavy atom. The monoisotopic (exact) mass is 369 g/mol. The van der Waals surface area contributed by atoms with E-state index in [0.29, 0.717) is 6.61 Å². The molecule has 0 atom stereocenters. The molecule has 2 aromatic carbocycles. The molecule has 6 nitrogen and oxygen atoms in total. The van der Waals surface area contributed by atoms with E-state index in [1.807, 2.05) is 54.6 Å². The van der Waals surface area contributed by atoms with Gasteiger partial charge >= 0.3 is 6.01 Å². The summed E-state index contributed by atoms with van der Waals surface area (Å²) in [4.78, 5) is 7.90. The summed E-state index contributed by atoms with van der Waals surface area (Å²) in [5.41, 5.74) is 1.92. The van der Waals surface area contributed by atoms with Gasteiger partial charge in [0.2, 0.25) is 0 Å².